The lowest BCUT2D eigenvalue weighted by molar-refractivity contribution is -0.237. The van der Waals surface area contributed by atoms with Crippen LogP contribution in [0, 0.1) is 0 Å². The van der Waals surface area contributed by atoms with E-state index in [1.807, 2.05) is 28.1 Å². The van der Waals surface area contributed by atoms with Crippen molar-refractivity contribution in [1.82, 2.24) is 14.3 Å². The number of rotatable bonds is 3. The van der Waals surface area contributed by atoms with E-state index >= 15 is 0 Å². The highest BCUT2D eigenvalue weighted by Gasteiger charge is 2.43. The van der Waals surface area contributed by atoms with E-state index in [-0.39, 0.29) is 13.2 Å². The number of halogens is 4. The lowest BCUT2D eigenvalue weighted by Gasteiger charge is -2.33. The molecule has 1 atom stereocenters. The van der Waals surface area contributed by atoms with Crippen LogP contribution >= 0.6 is 22.9 Å². The fourth-order valence-corrected chi connectivity index (χ4v) is 3.94. The van der Waals surface area contributed by atoms with Gasteiger partial charge in [-0.05, 0) is 12.1 Å². The Bertz CT molecular complexity index is 906. The molecule has 1 aromatic carbocycles. The highest BCUT2D eigenvalue weighted by atomic mass is 35.5. The van der Waals surface area contributed by atoms with Gasteiger partial charge in [0.1, 0.15) is 0 Å². The fourth-order valence-electron chi connectivity index (χ4n) is 3.08. The van der Waals surface area contributed by atoms with E-state index in [2.05, 4.69) is 4.98 Å². The fraction of sp³-hybridized carbons (Fsp3) is 0.353. The molecule has 0 amide bonds. The second kappa shape index (κ2) is 6.84. The number of nitrogens with zero attached hydrogens (tertiary/aromatic N) is 3. The molecule has 4 nitrogen and oxygen atoms in total. The van der Waals surface area contributed by atoms with Gasteiger partial charge in [-0.1, -0.05) is 23.7 Å². The van der Waals surface area contributed by atoms with Crippen LogP contribution in [0.4, 0.5) is 13.2 Å². The van der Waals surface area contributed by atoms with Gasteiger partial charge in [0.05, 0.1) is 18.0 Å². The lowest BCUT2D eigenvalue weighted by Crippen LogP contribution is -2.48. The molecule has 1 unspecified atom stereocenters. The molecule has 0 radical (unpaired) electrons. The normalized spacial score (nSPS) is 19.3. The second-order valence-corrected chi connectivity index (χ2v) is 7.42. The minimum atomic E-state index is -4.35. The quantitative estimate of drug-likeness (QED) is 0.648. The Kier molecular flexibility index (Phi) is 4.68. The molecular formula is C17H15ClF3N3OS. The van der Waals surface area contributed by atoms with Crippen LogP contribution in [0.25, 0.3) is 16.2 Å². The highest BCUT2D eigenvalue weighted by molar-refractivity contribution is 7.15. The van der Waals surface area contributed by atoms with Crippen molar-refractivity contribution >= 4 is 27.9 Å². The lowest BCUT2D eigenvalue weighted by atomic mass is 10.1. The number of thiazole rings is 1. The van der Waals surface area contributed by atoms with Crippen molar-refractivity contribution in [2.24, 2.45) is 0 Å². The van der Waals surface area contributed by atoms with E-state index in [0.29, 0.717) is 18.1 Å². The zero-order valence-corrected chi connectivity index (χ0v) is 15.1. The predicted octanol–water partition coefficient (Wildman–Crippen LogP) is 4.48. The van der Waals surface area contributed by atoms with Gasteiger partial charge in [-0.15, -0.1) is 11.3 Å². The Balaban J connectivity index is 1.66. The first-order valence-corrected chi connectivity index (χ1v) is 9.28. The number of alkyl halides is 3. The molecular weight excluding hydrogens is 387 g/mol. The molecule has 138 valence electrons. The van der Waals surface area contributed by atoms with Gasteiger partial charge in [-0.2, -0.15) is 13.2 Å². The maximum absolute atomic E-state index is 13.0. The standard InChI is InChI=1S/C17H15ClF3N3OS/c18-12-3-1-11(2-4-12)15-13(24-6-8-26-16(24)22-15)9-23-5-7-25-14(10-23)17(19,20)21/h1-4,6,8,14H,5,7,9-10H2. The first-order valence-electron chi connectivity index (χ1n) is 8.03. The number of benzene rings is 1. The molecule has 0 saturated carbocycles. The van der Waals surface area contributed by atoms with Gasteiger partial charge < -0.3 is 4.74 Å². The van der Waals surface area contributed by atoms with Gasteiger partial charge in [0, 0.05) is 41.8 Å². The van der Waals surface area contributed by atoms with Crippen LogP contribution < -0.4 is 0 Å². The van der Waals surface area contributed by atoms with Gasteiger partial charge >= 0.3 is 6.18 Å². The number of morpholine rings is 1. The molecule has 4 rings (SSSR count). The van der Waals surface area contributed by atoms with Gasteiger partial charge in [0.2, 0.25) is 0 Å². The molecule has 0 bridgehead atoms. The third kappa shape index (κ3) is 3.46. The Morgan fingerprint density at radius 2 is 2.04 bits per heavy atom. The Hall–Kier alpha value is -1.61. The zero-order valence-electron chi connectivity index (χ0n) is 13.5. The largest absolute Gasteiger partial charge is 0.415 e. The molecule has 9 heteroatoms. The van der Waals surface area contributed by atoms with Crippen LogP contribution in [0.3, 0.4) is 0 Å². The Morgan fingerprint density at radius 3 is 2.77 bits per heavy atom. The molecule has 1 aliphatic rings. The number of fused-ring (bicyclic) bond motifs is 1. The summed E-state index contributed by atoms with van der Waals surface area (Å²) in [7, 11) is 0. The third-order valence-corrected chi connectivity index (χ3v) is 5.38. The first-order chi connectivity index (χ1) is 12.4. The summed E-state index contributed by atoms with van der Waals surface area (Å²) in [6, 6.07) is 7.30. The van der Waals surface area contributed by atoms with Crippen LogP contribution in [0.1, 0.15) is 5.69 Å². The second-order valence-electron chi connectivity index (χ2n) is 6.11. The summed E-state index contributed by atoms with van der Waals surface area (Å²) in [4.78, 5) is 7.24. The van der Waals surface area contributed by atoms with Crippen molar-refractivity contribution in [3.8, 4) is 11.3 Å². The Morgan fingerprint density at radius 1 is 1.27 bits per heavy atom. The summed E-state index contributed by atoms with van der Waals surface area (Å²) in [5.74, 6) is 0. The molecule has 0 spiro atoms. The zero-order chi connectivity index (χ0) is 18.3. The third-order valence-electron chi connectivity index (χ3n) is 4.37. The van der Waals surface area contributed by atoms with Crippen molar-refractivity contribution in [1.29, 1.82) is 0 Å². The maximum Gasteiger partial charge on any atom is 0.415 e. The average Bonchev–Trinajstić information content (AvgIpc) is 3.18. The van der Waals surface area contributed by atoms with Crippen molar-refractivity contribution < 1.29 is 17.9 Å². The van der Waals surface area contributed by atoms with E-state index in [1.165, 1.54) is 11.3 Å². The highest BCUT2D eigenvalue weighted by Crippen LogP contribution is 2.30. The molecule has 1 aliphatic heterocycles. The van der Waals surface area contributed by atoms with Crippen LogP contribution in [0.2, 0.25) is 5.02 Å². The average molecular weight is 402 g/mol. The van der Waals surface area contributed by atoms with E-state index in [9.17, 15) is 13.2 Å². The van der Waals surface area contributed by atoms with Crippen LogP contribution in [0.15, 0.2) is 35.8 Å². The molecule has 0 aliphatic carbocycles. The van der Waals surface area contributed by atoms with Gasteiger partial charge in [-0.3, -0.25) is 9.30 Å². The molecule has 3 aromatic rings. The summed E-state index contributed by atoms with van der Waals surface area (Å²) in [6.45, 7) is 0.697. The van der Waals surface area contributed by atoms with Crippen molar-refractivity contribution in [3.63, 3.8) is 0 Å². The predicted molar refractivity (Wildman–Crippen MR) is 94.6 cm³/mol. The Labute approximate surface area is 156 Å². The van der Waals surface area contributed by atoms with Crippen molar-refractivity contribution in [2.45, 2.75) is 18.8 Å². The SMILES string of the molecule is FC(F)(F)C1CN(Cc2c(-c3ccc(Cl)cc3)nc3sccn23)CCO1. The topological polar surface area (TPSA) is 29.8 Å². The van der Waals surface area contributed by atoms with Crippen LogP contribution in [-0.4, -0.2) is 46.3 Å². The van der Waals surface area contributed by atoms with E-state index in [0.717, 1.165) is 21.9 Å². The van der Waals surface area contributed by atoms with E-state index < -0.39 is 12.3 Å². The first kappa shape index (κ1) is 17.8. The number of imidazole rings is 1. The molecule has 3 heterocycles. The van der Waals surface area contributed by atoms with Gasteiger partial charge in [0.25, 0.3) is 0 Å². The smallest absolute Gasteiger partial charge is 0.366 e. The summed E-state index contributed by atoms with van der Waals surface area (Å²) >= 11 is 7.45. The number of hydrogen-bond acceptors (Lipinski definition) is 4. The van der Waals surface area contributed by atoms with E-state index in [4.69, 9.17) is 16.3 Å². The van der Waals surface area contributed by atoms with Crippen LogP contribution in [0.5, 0.6) is 0 Å². The molecule has 1 saturated heterocycles. The summed E-state index contributed by atoms with van der Waals surface area (Å²) in [6.07, 6.45) is -4.21. The summed E-state index contributed by atoms with van der Waals surface area (Å²) in [5.41, 5.74) is 2.52. The summed E-state index contributed by atoms with van der Waals surface area (Å²) < 4.78 is 45.8. The summed E-state index contributed by atoms with van der Waals surface area (Å²) in [5, 5.41) is 2.53. The van der Waals surface area contributed by atoms with Crippen LogP contribution in [-0.2, 0) is 11.3 Å². The number of hydrogen-bond donors (Lipinski definition) is 0. The number of aromatic nitrogens is 2. The van der Waals surface area contributed by atoms with E-state index in [1.54, 1.807) is 17.0 Å². The minimum Gasteiger partial charge on any atom is -0.366 e. The monoisotopic (exact) mass is 401 g/mol. The molecule has 2 aromatic heterocycles. The van der Waals surface area contributed by atoms with Crippen molar-refractivity contribution in [3.05, 3.63) is 46.6 Å². The molecule has 1 fully saturated rings. The maximum atomic E-state index is 13.0. The number of ether oxygens (including phenoxy) is 1. The van der Waals surface area contributed by atoms with Gasteiger partial charge in [0.15, 0.2) is 11.1 Å². The molecule has 26 heavy (non-hydrogen) atoms. The van der Waals surface area contributed by atoms with Gasteiger partial charge in [-0.25, -0.2) is 4.98 Å². The van der Waals surface area contributed by atoms with Crippen molar-refractivity contribution in [2.75, 3.05) is 19.7 Å². The minimum absolute atomic E-state index is 0.0615. The molecule has 0 N–H and O–H groups in total.